The van der Waals surface area contributed by atoms with Crippen LogP contribution >= 0.6 is 11.8 Å². The first-order valence-electron chi connectivity index (χ1n) is 9.22. The Morgan fingerprint density at radius 1 is 1.15 bits per heavy atom. The lowest BCUT2D eigenvalue weighted by atomic mass is 10.1. The van der Waals surface area contributed by atoms with Gasteiger partial charge in [-0.15, -0.1) is 11.8 Å². The number of hydrogen-bond acceptors (Lipinski definition) is 4. The van der Waals surface area contributed by atoms with E-state index in [1.165, 1.54) is 11.8 Å². The molecule has 1 atom stereocenters. The number of carbonyl (C=O) groups excluding carboxylic acids is 2. The molecule has 3 rings (SSSR count). The molecule has 142 valence electrons. The molecule has 0 aliphatic carbocycles. The third kappa shape index (κ3) is 5.84. The number of aryl methyl sites for hydroxylation is 1. The van der Waals surface area contributed by atoms with Crippen LogP contribution in [0.3, 0.4) is 0 Å². The summed E-state index contributed by atoms with van der Waals surface area (Å²) in [6.07, 6.45) is 2.06. The van der Waals surface area contributed by atoms with Crippen molar-refractivity contribution in [2.24, 2.45) is 0 Å². The molecule has 2 amide bonds. The fourth-order valence-corrected chi connectivity index (χ4v) is 3.85. The molecule has 2 aromatic carbocycles. The second-order valence-electron chi connectivity index (χ2n) is 6.72. The van der Waals surface area contributed by atoms with Crippen LogP contribution in [0.15, 0.2) is 53.4 Å². The summed E-state index contributed by atoms with van der Waals surface area (Å²) in [6, 6.07) is 15.3. The molecule has 2 aromatic rings. The molecule has 6 heteroatoms. The number of piperidine rings is 1. The predicted molar refractivity (Wildman–Crippen MR) is 110 cm³/mol. The van der Waals surface area contributed by atoms with Crippen molar-refractivity contribution in [3.05, 3.63) is 59.7 Å². The van der Waals surface area contributed by atoms with Crippen molar-refractivity contribution in [1.29, 1.82) is 0 Å². The Kier molecular flexibility index (Phi) is 6.90. The lowest BCUT2D eigenvalue weighted by Crippen LogP contribution is -2.45. The SMILES string of the molecule is Cc1ccc(NC(=O)CSc2ccccc2C(=O)NC2CCCNC2)cc1. The minimum absolute atomic E-state index is 0.0780. The minimum Gasteiger partial charge on any atom is -0.348 e. The van der Waals surface area contributed by atoms with E-state index in [-0.39, 0.29) is 23.6 Å². The highest BCUT2D eigenvalue weighted by atomic mass is 32.2. The molecule has 3 N–H and O–H groups in total. The van der Waals surface area contributed by atoms with Gasteiger partial charge in [0, 0.05) is 23.2 Å². The van der Waals surface area contributed by atoms with Crippen molar-refractivity contribution in [2.75, 3.05) is 24.2 Å². The Morgan fingerprint density at radius 2 is 1.93 bits per heavy atom. The van der Waals surface area contributed by atoms with Crippen LogP contribution in [0.2, 0.25) is 0 Å². The summed E-state index contributed by atoms with van der Waals surface area (Å²) in [5.41, 5.74) is 2.55. The van der Waals surface area contributed by atoms with Crippen molar-refractivity contribution in [3.8, 4) is 0 Å². The van der Waals surface area contributed by atoms with Crippen LogP contribution in [0.1, 0.15) is 28.8 Å². The van der Waals surface area contributed by atoms with Gasteiger partial charge >= 0.3 is 0 Å². The molecule has 27 heavy (non-hydrogen) atoms. The Morgan fingerprint density at radius 3 is 2.67 bits per heavy atom. The van der Waals surface area contributed by atoms with Crippen molar-refractivity contribution in [1.82, 2.24) is 10.6 Å². The monoisotopic (exact) mass is 383 g/mol. The van der Waals surface area contributed by atoms with Crippen molar-refractivity contribution < 1.29 is 9.59 Å². The van der Waals surface area contributed by atoms with Crippen LogP contribution < -0.4 is 16.0 Å². The Hall–Kier alpha value is -2.31. The van der Waals surface area contributed by atoms with Gasteiger partial charge in [-0.3, -0.25) is 9.59 Å². The van der Waals surface area contributed by atoms with Gasteiger partial charge in [-0.1, -0.05) is 29.8 Å². The molecule has 1 unspecified atom stereocenters. The average molecular weight is 384 g/mol. The molecular weight excluding hydrogens is 358 g/mol. The number of benzene rings is 2. The Labute approximate surface area is 164 Å². The lowest BCUT2D eigenvalue weighted by molar-refractivity contribution is -0.113. The molecule has 0 bridgehead atoms. The van der Waals surface area contributed by atoms with E-state index in [1.54, 1.807) is 0 Å². The summed E-state index contributed by atoms with van der Waals surface area (Å²) < 4.78 is 0. The number of carbonyl (C=O) groups is 2. The fraction of sp³-hybridized carbons (Fsp3) is 0.333. The van der Waals surface area contributed by atoms with Gasteiger partial charge in [0.1, 0.15) is 0 Å². The maximum Gasteiger partial charge on any atom is 0.252 e. The van der Waals surface area contributed by atoms with E-state index in [9.17, 15) is 9.59 Å². The predicted octanol–water partition coefficient (Wildman–Crippen LogP) is 3.21. The minimum atomic E-state index is -0.0875. The summed E-state index contributed by atoms with van der Waals surface area (Å²) in [5, 5.41) is 9.28. The van der Waals surface area contributed by atoms with E-state index in [1.807, 2.05) is 55.5 Å². The van der Waals surface area contributed by atoms with E-state index < -0.39 is 0 Å². The smallest absolute Gasteiger partial charge is 0.252 e. The number of hydrogen-bond donors (Lipinski definition) is 3. The lowest BCUT2D eigenvalue weighted by Gasteiger charge is -2.24. The molecule has 0 spiro atoms. The van der Waals surface area contributed by atoms with Gasteiger partial charge in [-0.05, 0) is 50.6 Å². The number of rotatable bonds is 6. The zero-order valence-corrected chi connectivity index (χ0v) is 16.3. The van der Waals surface area contributed by atoms with Crippen LogP contribution in [-0.4, -0.2) is 36.7 Å². The van der Waals surface area contributed by atoms with E-state index in [0.29, 0.717) is 5.56 Å². The van der Waals surface area contributed by atoms with Gasteiger partial charge in [0.25, 0.3) is 5.91 Å². The van der Waals surface area contributed by atoms with Crippen molar-refractivity contribution in [2.45, 2.75) is 30.7 Å². The molecule has 0 aromatic heterocycles. The van der Waals surface area contributed by atoms with Gasteiger partial charge in [0.2, 0.25) is 5.91 Å². The second-order valence-corrected chi connectivity index (χ2v) is 7.73. The highest BCUT2D eigenvalue weighted by Gasteiger charge is 2.18. The third-order valence-corrected chi connectivity index (χ3v) is 5.53. The van der Waals surface area contributed by atoms with Crippen LogP contribution in [0.5, 0.6) is 0 Å². The molecule has 1 heterocycles. The van der Waals surface area contributed by atoms with Gasteiger partial charge in [0.15, 0.2) is 0 Å². The van der Waals surface area contributed by atoms with Crippen LogP contribution in [-0.2, 0) is 4.79 Å². The van der Waals surface area contributed by atoms with E-state index in [0.717, 1.165) is 42.1 Å². The van der Waals surface area contributed by atoms with Crippen molar-refractivity contribution in [3.63, 3.8) is 0 Å². The maximum atomic E-state index is 12.6. The van der Waals surface area contributed by atoms with Crippen molar-refractivity contribution >= 4 is 29.3 Å². The number of nitrogens with one attached hydrogen (secondary N) is 3. The number of anilines is 1. The summed E-state index contributed by atoms with van der Waals surface area (Å²) in [7, 11) is 0. The number of thioether (sulfide) groups is 1. The average Bonchev–Trinajstić information content (AvgIpc) is 2.69. The van der Waals surface area contributed by atoms with E-state index in [2.05, 4.69) is 16.0 Å². The van der Waals surface area contributed by atoms with Crippen LogP contribution in [0.4, 0.5) is 5.69 Å². The Bertz CT molecular complexity index is 786. The third-order valence-electron chi connectivity index (χ3n) is 4.46. The second kappa shape index (κ2) is 9.58. The largest absolute Gasteiger partial charge is 0.348 e. The van der Waals surface area contributed by atoms with E-state index >= 15 is 0 Å². The first kappa shape index (κ1) is 19.5. The van der Waals surface area contributed by atoms with Gasteiger partial charge in [0.05, 0.1) is 11.3 Å². The number of amides is 2. The zero-order chi connectivity index (χ0) is 19.1. The highest BCUT2D eigenvalue weighted by Crippen LogP contribution is 2.23. The molecule has 0 radical (unpaired) electrons. The first-order chi connectivity index (χ1) is 13.1. The molecule has 1 fully saturated rings. The molecule has 1 saturated heterocycles. The summed E-state index contributed by atoms with van der Waals surface area (Å²) in [6.45, 7) is 3.82. The normalized spacial score (nSPS) is 16.6. The van der Waals surface area contributed by atoms with Gasteiger partial charge < -0.3 is 16.0 Å². The van der Waals surface area contributed by atoms with Crippen LogP contribution in [0, 0.1) is 6.92 Å². The quantitative estimate of drug-likeness (QED) is 0.670. The molecule has 1 aliphatic rings. The zero-order valence-electron chi connectivity index (χ0n) is 15.5. The standard InChI is InChI=1S/C21H25N3O2S/c1-15-8-10-16(11-9-15)23-20(25)14-27-19-7-3-2-6-18(19)21(26)24-17-5-4-12-22-13-17/h2-3,6-11,17,22H,4-5,12-14H2,1H3,(H,23,25)(H,24,26). The summed E-state index contributed by atoms with van der Waals surface area (Å²) in [5.74, 6) is 0.0877. The molecule has 0 saturated carbocycles. The summed E-state index contributed by atoms with van der Waals surface area (Å²) in [4.78, 5) is 25.7. The topological polar surface area (TPSA) is 70.2 Å². The maximum absolute atomic E-state index is 12.6. The van der Waals surface area contributed by atoms with E-state index in [4.69, 9.17) is 0 Å². The molecular formula is C21H25N3O2S. The molecule has 5 nitrogen and oxygen atoms in total. The summed E-state index contributed by atoms with van der Waals surface area (Å²) >= 11 is 1.38. The van der Waals surface area contributed by atoms with Gasteiger partial charge in [-0.2, -0.15) is 0 Å². The van der Waals surface area contributed by atoms with Gasteiger partial charge in [-0.25, -0.2) is 0 Å². The highest BCUT2D eigenvalue weighted by molar-refractivity contribution is 8.00. The molecule has 1 aliphatic heterocycles. The first-order valence-corrected chi connectivity index (χ1v) is 10.2. The Balaban J connectivity index is 1.57. The van der Waals surface area contributed by atoms with Crippen LogP contribution in [0.25, 0.3) is 0 Å². The fourth-order valence-electron chi connectivity index (χ4n) is 3.00.